The molecule has 3 aromatic rings. The number of hydrogen-bond acceptors (Lipinski definition) is 3. The average Bonchev–Trinajstić information content (AvgIpc) is 3.43. The minimum atomic E-state index is 0.0300. The molecule has 1 saturated heterocycles. The molecule has 1 amide bonds. The molecule has 5 nitrogen and oxygen atoms in total. The van der Waals surface area contributed by atoms with Crippen LogP contribution in [0.15, 0.2) is 66.9 Å². The van der Waals surface area contributed by atoms with Crippen LogP contribution >= 0.6 is 0 Å². The van der Waals surface area contributed by atoms with Crippen LogP contribution < -0.4 is 0 Å². The molecule has 0 atom stereocenters. The maximum atomic E-state index is 13.3. The van der Waals surface area contributed by atoms with E-state index in [1.165, 1.54) is 12.8 Å². The maximum absolute atomic E-state index is 13.3. The molecule has 2 heterocycles. The van der Waals surface area contributed by atoms with E-state index >= 15 is 0 Å². The zero-order chi connectivity index (χ0) is 20.1. The standard InChI is InChI=1S/C24H28N4O/c1-26(16-17-27-14-8-9-15-27)24(29)22-19-28(18-20-10-4-2-5-11-20)25-23(22)21-12-6-3-7-13-21/h2-7,10-13,19H,8-9,14-18H2,1H3. The summed E-state index contributed by atoms with van der Waals surface area (Å²) >= 11 is 0. The molecule has 0 spiro atoms. The van der Waals surface area contributed by atoms with Gasteiger partial charge in [-0.3, -0.25) is 9.48 Å². The molecular formula is C24H28N4O. The Kier molecular flexibility index (Phi) is 6.06. The summed E-state index contributed by atoms with van der Waals surface area (Å²) in [7, 11) is 1.89. The number of hydrogen-bond donors (Lipinski definition) is 0. The van der Waals surface area contributed by atoms with E-state index in [2.05, 4.69) is 17.0 Å². The highest BCUT2D eigenvalue weighted by Gasteiger charge is 2.22. The Hall–Kier alpha value is -2.92. The average molecular weight is 389 g/mol. The van der Waals surface area contributed by atoms with Crippen molar-refractivity contribution in [2.45, 2.75) is 19.4 Å². The SMILES string of the molecule is CN(CCN1CCCC1)C(=O)c1cn(Cc2ccccc2)nc1-c1ccccc1. The van der Waals surface area contributed by atoms with Crippen LogP contribution in [0.5, 0.6) is 0 Å². The van der Waals surface area contributed by atoms with E-state index in [1.54, 1.807) is 0 Å². The number of carbonyl (C=O) groups excluding carboxylic acids is 1. The van der Waals surface area contributed by atoms with Crippen LogP contribution in [0.25, 0.3) is 11.3 Å². The van der Waals surface area contributed by atoms with Gasteiger partial charge in [0.05, 0.1) is 12.1 Å². The zero-order valence-corrected chi connectivity index (χ0v) is 17.0. The second-order valence-electron chi connectivity index (χ2n) is 7.72. The largest absolute Gasteiger partial charge is 0.340 e. The van der Waals surface area contributed by atoms with E-state index in [1.807, 2.05) is 71.4 Å². The topological polar surface area (TPSA) is 41.4 Å². The second kappa shape index (κ2) is 9.05. The number of nitrogens with zero attached hydrogens (tertiary/aromatic N) is 4. The molecule has 29 heavy (non-hydrogen) atoms. The van der Waals surface area contributed by atoms with Gasteiger partial charge in [-0.2, -0.15) is 5.10 Å². The lowest BCUT2D eigenvalue weighted by Gasteiger charge is -2.21. The van der Waals surface area contributed by atoms with E-state index < -0.39 is 0 Å². The molecule has 2 aromatic carbocycles. The van der Waals surface area contributed by atoms with Crippen molar-refractivity contribution in [2.24, 2.45) is 0 Å². The first-order chi connectivity index (χ1) is 14.2. The molecule has 1 fully saturated rings. The second-order valence-corrected chi connectivity index (χ2v) is 7.72. The molecule has 0 radical (unpaired) electrons. The summed E-state index contributed by atoms with van der Waals surface area (Å²) in [5, 5.41) is 4.78. The number of rotatable bonds is 7. The summed E-state index contributed by atoms with van der Waals surface area (Å²) in [6.45, 7) is 4.60. The third kappa shape index (κ3) is 4.74. The summed E-state index contributed by atoms with van der Waals surface area (Å²) in [6.07, 6.45) is 4.42. The van der Waals surface area contributed by atoms with Gasteiger partial charge in [0.15, 0.2) is 0 Å². The van der Waals surface area contributed by atoms with Crippen LogP contribution in [-0.4, -0.2) is 58.7 Å². The van der Waals surface area contributed by atoms with Crippen LogP contribution in [-0.2, 0) is 6.54 Å². The predicted octanol–water partition coefficient (Wildman–Crippen LogP) is 3.77. The lowest BCUT2D eigenvalue weighted by molar-refractivity contribution is 0.0783. The fourth-order valence-corrected chi connectivity index (χ4v) is 3.84. The highest BCUT2D eigenvalue weighted by atomic mass is 16.2. The first-order valence-electron chi connectivity index (χ1n) is 10.4. The van der Waals surface area contributed by atoms with Crippen LogP contribution in [0.4, 0.5) is 0 Å². The van der Waals surface area contributed by atoms with Gasteiger partial charge in [-0.05, 0) is 31.5 Å². The molecule has 0 N–H and O–H groups in total. The lowest BCUT2D eigenvalue weighted by Crippen LogP contribution is -2.35. The molecule has 0 unspecified atom stereocenters. The van der Waals surface area contributed by atoms with Crippen LogP contribution in [0.3, 0.4) is 0 Å². The number of aromatic nitrogens is 2. The van der Waals surface area contributed by atoms with Gasteiger partial charge in [0.25, 0.3) is 5.91 Å². The molecule has 1 aromatic heterocycles. The van der Waals surface area contributed by atoms with Gasteiger partial charge in [-0.15, -0.1) is 0 Å². The van der Waals surface area contributed by atoms with Crippen LogP contribution in [0.1, 0.15) is 28.8 Å². The first-order valence-corrected chi connectivity index (χ1v) is 10.4. The van der Waals surface area contributed by atoms with Crippen molar-refractivity contribution < 1.29 is 4.79 Å². The van der Waals surface area contributed by atoms with Gasteiger partial charge >= 0.3 is 0 Å². The van der Waals surface area contributed by atoms with Crippen molar-refractivity contribution in [1.29, 1.82) is 0 Å². The van der Waals surface area contributed by atoms with Crippen LogP contribution in [0, 0.1) is 0 Å². The molecule has 0 saturated carbocycles. The lowest BCUT2D eigenvalue weighted by atomic mass is 10.1. The van der Waals surface area contributed by atoms with E-state index in [9.17, 15) is 4.79 Å². The zero-order valence-electron chi connectivity index (χ0n) is 17.0. The Labute approximate surface area is 172 Å². The molecule has 0 bridgehead atoms. The Morgan fingerprint density at radius 1 is 1.00 bits per heavy atom. The predicted molar refractivity (Wildman–Crippen MR) is 116 cm³/mol. The van der Waals surface area contributed by atoms with E-state index in [4.69, 9.17) is 5.10 Å². The molecule has 1 aliphatic rings. The normalized spacial score (nSPS) is 14.2. The molecule has 4 rings (SSSR count). The highest BCUT2D eigenvalue weighted by Crippen LogP contribution is 2.23. The molecular weight excluding hydrogens is 360 g/mol. The number of amides is 1. The summed E-state index contributed by atoms with van der Waals surface area (Å²) < 4.78 is 1.87. The van der Waals surface area contributed by atoms with Crippen molar-refractivity contribution in [3.63, 3.8) is 0 Å². The smallest absolute Gasteiger partial charge is 0.257 e. The molecule has 0 aliphatic carbocycles. The van der Waals surface area contributed by atoms with Gasteiger partial charge in [0, 0.05) is 31.9 Å². The summed E-state index contributed by atoms with van der Waals surface area (Å²) in [5.74, 6) is 0.0300. The summed E-state index contributed by atoms with van der Waals surface area (Å²) in [4.78, 5) is 17.5. The quantitative estimate of drug-likeness (QED) is 0.619. The van der Waals surface area contributed by atoms with Crippen molar-refractivity contribution in [3.05, 3.63) is 78.0 Å². The van der Waals surface area contributed by atoms with Gasteiger partial charge < -0.3 is 9.80 Å². The minimum absolute atomic E-state index is 0.0300. The maximum Gasteiger partial charge on any atom is 0.257 e. The van der Waals surface area contributed by atoms with Gasteiger partial charge in [0.2, 0.25) is 0 Å². The Morgan fingerprint density at radius 3 is 2.34 bits per heavy atom. The van der Waals surface area contributed by atoms with Crippen molar-refractivity contribution >= 4 is 5.91 Å². The van der Waals surface area contributed by atoms with E-state index in [0.29, 0.717) is 12.1 Å². The first kappa shape index (κ1) is 19.4. The van der Waals surface area contributed by atoms with Crippen molar-refractivity contribution in [2.75, 3.05) is 33.2 Å². The highest BCUT2D eigenvalue weighted by molar-refractivity contribution is 5.99. The van der Waals surface area contributed by atoms with E-state index in [0.717, 1.165) is 43.0 Å². The molecule has 1 aliphatic heterocycles. The monoisotopic (exact) mass is 388 g/mol. The third-order valence-electron chi connectivity index (χ3n) is 5.52. The Morgan fingerprint density at radius 2 is 1.66 bits per heavy atom. The fourth-order valence-electron chi connectivity index (χ4n) is 3.84. The molecule has 5 heteroatoms. The summed E-state index contributed by atoms with van der Waals surface area (Å²) in [6, 6.07) is 20.2. The van der Waals surface area contributed by atoms with Gasteiger partial charge in [-0.1, -0.05) is 60.7 Å². The van der Waals surface area contributed by atoms with Gasteiger partial charge in [-0.25, -0.2) is 0 Å². The third-order valence-corrected chi connectivity index (χ3v) is 5.52. The van der Waals surface area contributed by atoms with Crippen LogP contribution in [0.2, 0.25) is 0 Å². The van der Waals surface area contributed by atoms with E-state index in [-0.39, 0.29) is 5.91 Å². The number of likely N-dealkylation sites (N-methyl/N-ethyl adjacent to an activating group) is 1. The van der Waals surface area contributed by atoms with Crippen molar-refractivity contribution in [1.82, 2.24) is 19.6 Å². The van der Waals surface area contributed by atoms with Crippen molar-refractivity contribution in [3.8, 4) is 11.3 Å². The Bertz CT molecular complexity index is 930. The number of carbonyl (C=O) groups is 1. The summed E-state index contributed by atoms with van der Waals surface area (Å²) in [5.41, 5.74) is 3.54. The fraction of sp³-hybridized carbons (Fsp3) is 0.333. The minimum Gasteiger partial charge on any atom is -0.340 e. The van der Waals surface area contributed by atoms with Gasteiger partial charge in [0.1, 0.15) is 5.69 Å². The molecule has 150 valence electrons. The number of benzene rings is 2. The Balaban J connectivity index is 1.57. The number of likely N-dealkylation sites (tertiary alicyclic amines) is 1.